The quantitative estimate of drug-likeness (QED) is 0.913. The Labute approximate surface area is 130 Å². The van der Waals surface area contributed by atoms with Gasteiger partial charge in [-0.1, -0.05) is 0 Å². The largest absolute Gasteiger partial charge is 0.493 e. The summed E-state index contributed by atoms with van der Waals surface area (Å²) in [6.07, 6.45) is 0. The van der Waals surface area contributed by atoms with Gasteiger partial charge in [-0.2, -0.15) is 5.26 Å². The van der Waals surface area contributed by atoms with Crippen molar-refractivity contribution < 1.29 is 14.2 Å². The third-order valence-electron chi connectivity index (χ3n) is 3.30. The van der Waals surface area contributed by atoms with Crippen LogP contribution in [0.4, 0.5) is 11.4 Å². The van der Waals surface area contributed by atoms with Gasteiger partial charge in [-0.05, 0) is 30.7 Å². The van der Waals surface area contributed by atoms with Crippen LogP contribution in [0, 0.1) is 18.3 Å². The molecule has 1 N–H and O–H groups in total. The normalized spacial score (nSPS) is 9.77. The molecule has 0 unspecified atom stereocenters. The van der Waals surface area contributed by atoms with Crippen molar-refractivity contribution in [2.24, 2.45) is 0 Å². The number of ether oxygens (including phenoxy) is 3. The second kappa shape index (κ2) is 6.72. The van der Waals surface area contributed by atoms with E-state index in [1.54, 1.807) is 27.4 Å². The number of rotatable bonds is 5. The van der Waals surface area contributed by atoms with Crippen LogP contribution in [0.5, 0.6) is 17.2 Å². The molecule has 0 spiro atoms. The van der Waals surface area contributed by atoms with Gasteiger partial charge in [-0.25, -0.2) is 0 Å². The molecule has 5 nitrogen and oxygen atoms in total. The number of anilines is 2. The van der Waals surface area contributed by atoms with Gasteiger partial charge in [0.25, 0.3) is 0 Å². The minimum atomic E-state index is 0.548. The van der Waals surface area contributed by atoms with Gasteiger partial charge in [-0.15, -0.1) is 0 Å². The first-order valence-electron chi connectivity index (χ1n) is 6.70. The predicted octanol–water partition coefficient (Wildman–Crippen LogP) is 3.64. The lowest BCUT2D eigenvalue weighted by atomic mass is 10.1. The Balaban J connectivity index is 2.40. The van der Waals surface area contributed by atoms with Crippen molar-refractivity contribution in [3.05, 3.63) is 41.5 Å². The zero-order valence-electron chi connectivity index (χ0n) is 13.1. The Kier molecular flexibility index (Phi) is 4.74. The smallest absolute Gasteiger partial charge is 0.203 e. The van der Waals surface area contributed by atoms with Crippen molar-refractivity contribution in [2.45, 2.75) is 6.92 Å². The molecule has 0 radical (unpaired) electrons. The van der Waals surface area contributed by atoms with Crippen LogP contribution in [0.1, 0.15) is 11.1 Å². The zero-order valence-corrected chi connectivity index (χ0v) is 13.1. The summed E-state index contributed by atoms with van der Waals surface area (Å²) in [6.45, 7) is 1.95. The maximum Gasteiger partial charge on any atom is 0.203 e. The second-order valence-electron chi connectivity index (χ2n) is 4.68. The number of nitriles is 1. The van der Waals surface area contributed by atoms with Crippen molar-refractivity contribution >= 4 is 11.4 Å². The van der Waals surface area contributed by atoms with Gasteiger partial charge in [0.05, 0.1) is 33.0 Å². The summed E-state index contributed by atoms with van der Waals surface area (Å²) in [5.41, 5.74) is 3.33. The Morgan fingerprint density at radius 2 is 1.59 bits per heavy atom. The lowest BCUT2D eigenvalue weighted by Gasteiger charge is -2.16. The summed E-state index contributed by atoms with van der Waals surface area (Å²) in [7, 11) is 4.72. The number of nitrogens with zero attached hydrogens (tertiary/aromatic N) is 1. The first-order chi connectivity index (χ1) is 10.6. The van der Waals surface area contributed by atoms with Crippen LogP contribution in [0.2, 0.25) is 0 Å². The number of hydrogen-bond donors (Lipinski definition) is 1. The van der Waals surface area contributed by atoms with Gasteiger partial charge in [0.2, 0.25) is 5.75 Å². The molecule has 0 amide bonds. The van der Waals surface area contributed by atoms with Crippen LogP contribution in [-0.2, 0) is 0 Å². The van der Waals surface area contributed by atoms with Crippen LogP contribution in [0.15, 0.2) is 30.3 Å². The highest BCUT2D eigenvalue weighted by Gasteiger charge is 2.13. The fourth-order valence-electron chi connectivity index (χ4n) is 2.18. The van der Waals surface area contributed by atoms with Gasteiger partial charge in [0.15, 0.2) is 11.5 Å². The molecule has 114 valence electrons. The number of benzene rings is 2. The Morgan fingerprint density at radius 1 is 0.955 bits per heavy atom. The summed E-state index contributed by atoms with van der Waals surface area (Å²) in [5.74, 6) is 1.71. The molecule has 0 atom stereocenters. The van der Waals surface area contributed by atoms with E-state index >= 15 is 0 Å². The van der Waals surface area contributed by atoms with Gasteiger partial charge in [0.1, 0.15) is 0 Å². The van der Waals surface area contributed by atoms with E-state index in [2.05, 4.69) is 11.4 Å². The molecule has 2 rings (SSSR count). The summed E-state index contributed by atoms with van der Waals surface area (Å²) < 4.78 is 16.0. The van der Waals surface area contributed by atoms with Crippen molar-refractivity contribution in [1.82, 2.24) is 0 Å². The zero-order chi connectivity index (χ0) is 16.1. The van der Waals surface area contributed by atoms with Crippen molar-refractivity contribution in [1.29, 1.82) is 5.26 Å². The van der Waals surface area contributed by atoms with E-state index in [1.165, 1.54) is 0 Å². The summed E-state index contributed by atoms with van der Waals surface area (Å²) in [6, 6.07) is 11.3. The molecule has 0 saturated carbocycles. The molecule has 2 aromatic carbocycles. The molecule has 0 bridgehead atoms. The number of methoxy groups -OCH3 is 3. The van der Waals surface area contributed by atoms with E-state index < -0.39 is 0 Å². The molecule has 0 aliphatic carbocycles. The predicted molar refractivity (Wildman–Crippen MR) is 85.3 cm³/mol. The average Bonchev–Trinajstić information content (AvgIpc) is 2.55. The molecule has 0 aromatic heterocycles. The van der Waals surface area contributed by atoms with Crippen LogP contribution in [0.3, 0.4) is 0 Å². The highest BCUT2D eigenvalue weighted by Crippen LogP contribution is 2.40. The lowest BCUT2D eigenvalue weighted by Crippen LogP contribution is -1.99. The van der Waals surface area contributed by atoms with Gasteiger partial charge >= 0.3 is 0 Å². The Bertz CT molecular complexity index is 695. The Morgan fingerprint density at radius 3 is 2.05 bits per heavy atom. The average molecular weight is 298 g/mol. The standard InChI is InChI=1S/C17H18N2O3/c1-11-7-12(10-18)5-6-14(11)19-13-8-15(20-2)17(22-4)16(9-13)21-3/h5-9,19H,1-4H3. The van der Waals surface area contributed by atoms with E-state index in [-0.39, 0.29) is 0 Å². The minimum absolute atomic E-state index is 0.548. The van der Waals surface area contributed by atoms with Gasteiger partial charge < -0.3 is 19.5 Å². The highest BCUT2D eigenvalue weighted by molar-refractivity contribution is 5.70. The number of nitrogens with one attached hydrogen (secondary N) is 1. The van der Waals surface area contributed by atoms with Crippen molar-refractivity contribution in [2.75, 3.05) is 26.6 Å². The lowest BCUT2D eigenvalue weighted by molar-refractivity contribution is 0.324. The van der Waals surface area contributed by atoms with E-state index in [4.69, 9.17) is 19.5 Å². The van der Waals surface area contributed by atoms with Crippen LogP contribution < -0.4 is 19.5 Å². The second-order valence-corrected chi connectivity index (χ2v) is 4.68. The fourth-order valence-corrected chi connectivity index (χ4v) is 2.18. The molecule has 0 aliphatic rings. The van der Waals surface area contributed by atoms with Gasteiger partial charge in [-0.3, -0.25) is 0 Å². The van der Waals surface area contributed by atoms with Crippen LogP contribution >= 0.6 is 0 Å². The summed E-state index contributed by atoms with van der Waals surface area (Å²) >= 11 is 0. The van der Waals surface area contributed by atoms with E-state index in [9.17, 15) is 0 Å². The van der Waals surface area contributed by atoms with Gasteiger partial charge in [0, 0.05) is 23.5 Å². The van der Waals surface area contributed by atoms with E-state index in [0.29, 0.717) is 22.8 Å². The monoisotopic (exact) mass is 298 g/mol. The van der Waals surface area contributed by atoms with Crippen LogP contribution in [-0.4, -0.2) is 21.3 Å². The Hall–Kier alpha value is -2.87. The molecule has 0 fully saturated rings. The topological polar surface area (TPSA) is 63.5 Å². The molecular formula is C17H18N2O3. The third-order valence-corrected chi connectivity index (χ3v) is 3.30. The highest BCUT2D eigenvalue weighted by atomic mass is 16.5. The molecule has 0 heterocycles. The molecule has 0 saturated heterocycles. The number of aryl methyl sites for hydroxylation is 1. The molecule has 5 heteroatoms. The molecular weight excluding hydrogens is 280 g/mol. The van der Waals surface area contributed by atoms with E-state index in [1.807, 2.05) is 31.2 Å². The third kappa shape index (κ3) is 3.07. The molecule has 2 aromatic rings. The first-order valence-corrected chi connectivity index (χ1v) is 6.70. The SMILES string of the molecule is COc1cc(Nc2ccc(C#N)cc2C)cc(OC)c1OC. The maximum absolute atomic E-state index is 8.92. The summed E-state index contributed by atoms with van der Waals surface area (Å²) in [4.78, 5) is 0. The molecule has 22 heavy (non-hydrogen) atoms. The van der Waals surface area contributed by atoms with Crippen LogP contribution in [0.25, 0.3) is 0 Å². The van der Waals surface area contributed by atoms with Crippen molar-refractivity contribution in [3.63, 3.8) is 0 Å². The first kappa shape index (κ1) is 15.5. The summed E-state index contributed by atoms with van der Waals surface area (Å²) in [5, 5.41) is 12.2. The minimum Gasteiger partial charge on any atom is -0.493 e. The molecule has 0 aliphatic heterocycles. The van der Waals surface area contributed by atoms with E-state index in [0.717, 1.165) is 16.9 Å². The van der Waals surface area contributed by atoms with Crippen molar-refractivity contribution in [3.8, 4) is 23.3 Å². The maximum atomic E-state index is 8.92. The fraction of sp³-hybridized carbons (Fsp3) is 0.235. The number of hydrogen-bond acceptors (Lipinski definition) is 5.